The van der Waals surface area contributed by atoms with Gasteiger partial charge in [0, 0.05) is 19.3 Å². The van der Waals surface area contributed by atoms with E-state index >= 15 is 0 Å². The number of imide groups is 1. The molecule has 2 unspecified atom stereocenters. The Morgan fingerprint density at radius 2 is 2.09 bits per heavy atom. The zero-order valence-corrected chi connectivity index (χ0v) is 15.0. The van der Waals surface area contributed by atoms with Gasteiger partial charge in [0.15, 0.2) is 17.4 Å². The number of likely N-dealkylation sites (N-methyl/N-ethyl adjacent to an activating group) is 1. The van der Waals surface area contributed by atoms with Gasteiger partial charge < -0.3 is 9.80 Å². The number of hydrogen-bond donors (Lipinski definition) is 1. The number of fused-ring (bicyclic) bond motifs is 1. The smallest absolute Gasteiger partial charge is 0.325 e. The summed E-state index contributed by atoms with van der Waals surface area (Å²) < 4.78 is 0. The first kappa shape index (κ1) is 17.8. The number of nitrogens with zero attached hydrogens (tertiary/aromatic N) is 3. The number of rotatable bonds is 7. The molecule has 0 radical (unpaired) electrons. The molecule has 2 atom stereocenters. The standard InChI is InChI=1S/C16H26N4O2S/c1-5-6-7-8-9-23-16-17-13-12(20(16)10-11(2)3)14(21)18-15(22)19(13)4/h12-13H,2,5-10H2,1,3-4H3,(H,18,21,22). The van der Waals surface area contributed by atoms with Gasteiger partial charge in [0.05, 0.1) is 0 Å². The minimum atomic E-state index is -0.451. The minimum Gasteiger partial charge on any atom is -0.332 e. The highest BCUT2D eigenvalue weighted by Crippen LogP contribution is 2.29. The van der Waals surface area contributed by atoms with Crippen LogP contribution >= 0.6 is 11.8 Å². The van der Waals surface area contributed by atoms with Gasteiger partial charge in [-0.2, -0.15) is 0 Å². The quantitative estimate of drug-likeness (QED) is 0.572. The molecule has 2 rings (SSSR count). The van der Waals surface area contributed by atoms with Gasteiger partial charge >= 0.3 is 6.03 Å². The molecule has 1 fully saturated rings. The Morgan fingerprint density at radius 1 is 1.35 bits per heavy atom. The maximum Gasteiger partial charge on any atom is 0.325 e. The first-order valence-electron chi connectivity index (χ1n) is 8.15. The zero-order valence-electron chi connectivity index (χ0n) is 14.2. The van der Waals surface area contributed by atoms with E-state index in [0.29, 0.717) is 6.54 Å². The van der Waals surface area contributed by atoms with Crippen LogP contribution in [0.5, 0.6) is 0 Å². The molecule has 0 aromatic carbocycles. The minimum absolute atomic E-state index is 0.273. The number of amides is 3. The largest absolute Gasteiger partial charge is 0.332 e. The van der Waals surface area contributed by atoms with E-state index in [0.717, 1.165) is 22.9 Å². The maximum absolute atomic E-state index is 12.3. The second kappa shape index (κ2) is 7.86. The first-order valence-corrected chi connectivity index (χ1v) is 9.13. The molecule has 7 heteroatoms. The molecular formula is C16H26N4O2S. The summed E-state index contributed by atoms with van der Waals surface area (Å²) in [5, 5.41) is 3.25. The Bertz CT molecular complexity index is 520. The summed E-state index contributed by atoms with van der Waals surface area (Å²) in [4.78, 5) is 32.2. The third-order valence-electron chi connectivity index (χ3n) is 3.99. The van der Waals surface area contributed by atoms with Crippen LogP contribution in [0.1, 0.15) is 39.5 Å². The van der Waals surface area contributed by atoms with Crippen LogP contribution in [0.15, 0.2) is 17.1 Å². The summed E-state index contributed by atoms with van der Waals surface area (Å²) in [7, 11) is 1.68. The van der Waals surface area contributed by atoms with Crippen LogP contribution in [0.3, 0.4) is 0 Å². The molecule has 0 spiro atoms. The van der Waals surface area contributed by atoms with Gasteiger partial charge in [-0.05, 0) is 13.3 Å². The van der Waals surface area contributed by atoms with Crippen molar-refractivity contribution in [2.75, 3.05) is 19.3 Å². The lowest BCUT2D eigenvalue weighted by atomic mass is 10.1. The second-order valence-electron chi connectivity index (χ2n) is 6.17. The molecule has 2 aliphatic rings. The van der Waals surface area contributed by atoms with Crippen LogP contribution in [0, 0.1) is 0 Å². The van der Waals surface area contributed by atoms with Crippen molar-refractivity contribution in [1.82, 2.24) is 15.1 Å². The molecule has 0 aromatic heterocycles. The number of unbranched alkanes of at least 4 members (excludes halogenated alkanes) is 3. The molecule has 1 N–H and O–H groups in total. The lowest BCUT2D eigenvalue weighted by Gasteiger charge is -2.36. The van der Waals surface area contributed by atoms with E-state index in [4.69, 9.17) is 0 Å². The Balaban J connectivity index is 2.09. The van der Waals surface area contributed by atoms with Crippen molar-refractivity contribution in [3.8, 4) is 0 Å². The van der Waals surface area contributed by atoms with Gasteiger partial charge in [0.1, 0.15) is 0 Å². The normalized spacial score (nSPS) is 23.7. The number of amidine groups is 1. The number of nitrogens with one attached hydrogen (secondary N) is 1. The van der Waals surface area contributed by atoms with E-state index < -0.39 is 12.2 Å². The average Bonchev–Trinajstić information content (AvgIpc) is 2.83. The molecule has 2 aliphatic heterocycles. The van der Waals surface area contributed by atoms with E-state index in [-0.39, 0.29) is 11.9 Å². The summed E-state index contributed by atoms with van der Waals surface area (Å²) in [6.45, 7) is 8.66. The number of hydrogen-bond acceptors (Lipinski definition) is 5. The summed E-state index contributed by atoms with van der Waals surface area (Å²) >= 11 is 1.67. The van der Waals surface area contributed by atoms with E-state index in [1.54, 1.807) is 18.8 Å². The highest BCUT2D eigenvalue weighted by atomic mass is 32.2. The highest BCUT2D eigenvalue weighted by molar-refractivity contribution is 8.13. The zero-order chi connectivity index (χ0) is 17.0. The van der Waals surface area contributed by atoms with E-state index in [1.165, 1.54) is 24.2 Å². The first-order chi connectivity index (χ1) is 11.0. The van der Waals surface area contributed by atoms with E-state index in [9.17, 15) is 9.59 Å². The molecule has 1 saturated heterocycles. The van der Waals surface area contributed by atoms with Gasteiger partial charge in [-0.25, -0.2) is 9.79 Å². The van der Waals surface area contributed by atoms with Crippen molar-refractivity contribution >= 4 is 28.9 Å². The Kier molecular flexibility index (Phi) is 6.10. The van der Waals surface area contributed by atoms with Crippen LogP contribution in [0.2, 0.25) is 0 Å². The third kappa shape index (κ3) is 4.07. The van der Waals surface area contributed by atoms with Crippen LogP contribution in [0.4, 0.5) is 4.79 Å². The fourth-order valence-electron chi connectivity index (χ4n) is 2.77. The fraction of sp³-hybridized carbons (Fsp3) is 0.688. The van der Waals surface area contributed by atoms with Crippen molar-refractivity contribution in [2.24, 2.45) is 4.99 Å². The van der Waals surface area contributed by atoms with E-state index in [1.807, 2.05) is 11.8 Å². The Hall–Kier alpha value is -1.50. The van der Waals surface area contributed by atoms with Gasteiger partial charge in [0.2, 0.25) is 0 Å². The van der Waals surface area contributed by atoms with Crippen LogP contribution in [-0.2, 0) is 4.79 Å². The Morgan fingerprint density at radius 3 is 2.74 bits per heavy atom. The molecule has 6 nitrogen and oxygen atoms in total. The van der Waals surface area contributed by atoms with Crippen LogP contribution < -0.4 is 5.32 Å². The predicted octanol–water partition coefficient (Wildman–Crippen LogP) is 2.42. The van der Waals surface area contributed by atoms with Gasteiger partial charge in [-0.15, -0.1) is 0 Å². The predicted molar refractivity (Wildman–Crippen MR) is 94.4 cm³/mol. The van der Waals surface area contributed by atoms with Crippen LogP contribution in [0.25, 0.3) is 0 Å². The molecule has 23 heavy (non-hydrogen) atoms. The summed E-state index contributed by atoms with van der Waals surface area (Å²) in [6, 6.07) is -0.836. The number of thioether (sulfide) groups is 1. The maximum atomic E-state index is 12.3. The number of aliphatic imine (C=N–C) groups is 1. The van der Waals surface area contributed by atoms with Crippen molar-refractivity contribution in [1.29, 1.82) is 0 Å². The molecule has 0 saturated carbocycles. The van der Waals surface area contributed by atoms with Crippen molar-refractivity contribution < 1.29 is 9.59 Å². The lowest BCUT2D eigenvalue weighted by molar-refractivity contribution is -0.126. The van der Waals surface area contributed by atoms with E-state index in [2.05, 4.69) is 23.8 Å². The summed E-state index contributed by atoms with van der Waals surface area (Å²) in [5.74, 6) is 0.703. The van der Waals surface area contributed by atoms with Gasteiger partial charge in [-0.3, -0.25) is 10.1 Å². The SMILES string of the molecule is C=C(C)CN1C(SCCCCCC)=NC2C1C(=O)NC(=O)N2C. The second-order valence-corrected chi connectivity index (χ2v) is 7.23. The fourth-order valence-corrected chi connectivity index (χ4v) is 3.83. The van der Waals surface area contributed by atoms with Gasteiger partial charge in [0.25, 0.3) is 5.91 Å². The van der Waals surface area contributed by atoms with Gasteiger partial charge in [-0.1, -0.05) is 50.1 Å². The lowest BCUT2D eigenvalue weighted by Crippen LogP contribution is -2.63. The molecule has 128 valence electrons. The third-order valence-corrected chi connectivity index (χ3v) is 5.08. The molecule has 0 aromatic rings. The number of carbonyl (C=O) groups is 2. The Labute approximate surface area is 142 Å². The molecule has 0 bridgehead atoms. The number of urea groups is 1. The molecule has 3 amide bonds. The molecular weight excluding hydrogens is 312 g/mol. The molecule has 0 aliphatic carbocycles. The van der Waals surface area contributed by atoms with Crippen molar-refractivity contribution in [3.63, 3.8) is 0 Å². The number of carbonyl (C=O) groups excluding carboxylic acids is 2. The summed E-state index contributed by atoms with van der Waals surface area (Å²) in [5.41, 5.74) is 0.970. The van der Waals surface area contributed by atoms with Crippen molar-refractivity contribution in [2.45, 2.75) is 51.7 Å². The van der Waals surface area contributed by atoms with Crippen molar-refractivity contribution in [3.05, 3.63) is 12.2 Å². The van der Waals surface area contributed by atoms with Crippen LogP contribution in [-0.4, -0.2) is 58.5 Å². The monoisotopic (exact) mass is 338 g/mol. The average molecular weight is 338 g/mol. The molecule has 2 heterocycles. The topological polar surface area (TPSA) is 65.0 Å². The summed E-state index contributed by atoms with van der Waals surface area (Å²) in [6.07, 6.45) is 4.37. The highest BCUT2D eigenvalue weighted by Gasteiger charge is 2.48.